The minimum absolute atomic E-state index is 0.0750. The number of carboxylic acid groups (broad SMARTS) is 1. The van der Waals surface area contributed by atoms with Crippen LogP contribution >= 0.6 is 11.3 Å². The minimum Gasteiger partial charge on any atom is -0.481 e. The predicted molar refractivity (Wildman–Crippen MR) is 81.2 cm³/mol. The van der Waals surface area contributed by atoms with Crippen molar-refractivity contribution in [1.82, 2.24) is 9.97 Å². The Bertz CT molecular complexity index is 609. The molecule has 108 valence electrons. The van der Waals surface area contributed by atoms with Gasteiger partial charge in [0.15, 0.2) is 0 Å². The van der Waals surface area contributed by atoms with Crippen LogP contribution in [0.25, 0.3) is 10.2 Å². The van der Waals surface area contributed by atoms with Gasteiger partial charge in [-0.1, -0.05) is 20.8 Å². The molecule has 0 radical (unpaired) electrons. The van der Waals surface area contributed by atoms with Gasteiger partial charge in [0.05, 0.1) is 11.3 Å². The number of hydrogen-bond donors (Lipinski definition) is 2. The Balaban J connectivity index is 2.21. The molecule has 0 aromatic carbocycles. The van der Waals surface area contributed by atoms with Gasteiger partial charge in [-0.15, -0.1) is 11.3 Å². The lowest BCUT2D eigenvalue weighted by Crippen LogP contribution is -2.27. The molecule has 0 aliphatic rings. The van der Waals surface area contributed by atoms with Crippen LogP contribution in [0.2, 0.25) is 0 Å². The summed E-state index contributed by atoms with van der Waals surface area (Å²) in [5.41, 5.74) is 0. The van der Waals surface area contributed by atoms with Gasteiger partial charge in [-0.05, 0) is 18.4 Å². The normalized spacial score (nSPS) is 12.8. The van der Waals surface area contributed by atoms with E-state index in [1.165, 1.54) is 11.2 Å². The molecule has 6 heteroatoms. The van der Waals surface area contributed by atoms with Crippen LogP contribution in [0.3, 0.4) is 0 Å². The first-order chi connectivity index (χ1) is 9.52. The zero-order chi connectivity index (χ0) is 14.7. The van der Waals surface area contributed by atoms with E-state index in [4.69, 9.17) is 0 Å². The molecule has 0 bridgehead atoms. The number of carboxylic acids is 1. The molecule has 2 aromatic rings. The molecule has 1 unspecified atom stereocenters. The van der Waals surface area contributed by atoms with E-state index < -0.39 is 11.9 Å². The quantitative estimate of drug-likeness (QED) is 0.856. The smallest absolute Gasteiger partial charge is 0.308 e. The van der Waals surface area contributed by atoms with Crippen LogP contribution in [0.5, 0.6) is 0 Å². The standard InChI is InChI=1S/C14H19N3O2S/c1-4-9-5-10-12(16-7-17-13(10)20-9)15-6-11(8(2)3)14(18)19/h5,7-8,11H,4,6H2,1-3H3,(H,18,19)(H,15,16,17). The number of nitrogens with zero attached hydrogens (tertiary/aromatic N) is 2. The zero-order valence-corrected chi connectivity index (χ0v) is 12.7. The molecule has 0 fully saturated rings. The molecule has 2 aromatic heterocycles. The van der Waals surface area contributed by atoms with E-state index in [9.17, 15) is 9.90 Å². The maximum absolute atomic E-state index is 11.2. The molecule has 5 nitrogen and oxygen atoms in total. The van der Waals surface area contributed by atoms with Gasteiger partial charge in [0.2, 0.25) is 0 Å². The van der Waals surface area contributed by atoms with Crippen molar-refractivity contribution >= 4 is 33.3 Å². The highest BCUT2D eigenvalue weighted by Crippen LogP contribution is 2.28. The van der Waals surface area contributed by atoms with Crippen molar-refractivity contribution in [2.75, 3.05) is 11.9 Å². The summed E-state index contributed by atoms with van der Waals surface area (Å²) in [6, 6.07) is 2.08. The second kappa shape index (κ2) is 6.17. The van der Waals surface area contributed by atoms with Crippen molar-refractivity contribution in [3.05, 3.63) is 17.3 Å². The van der Waals surface area contributed by atoms with Gasteiger partial charge in [0, 0.05) is 11.4 Å². The van der Waals surface area contributed by atoms with Crippen LogP contribution in [0.1, 0.15) is 25.6 Å². The van der Waals surface area contributed by atoms with Crippen LogP contribution in [0, 0.1) is 11.8 Å². The highest BCUT2D eigenvalue weighted by Gasteiger charge is 2.21. The van der Waals surface area contributed by atoms with Gasteiger partial charge in [-0.25, -0.2) is 9.97 Å². The van der Waals surface area contributed by atoms with Gasteiger partial charge >= 0.3 is 5.97 Å². The van der Waals surface area contributed by atoms with E-state index in [0.29, 0.717) is 6.54 Å². The molecule has 0 aliphatic heterocycles. The van der Waals surface area contributed by atoms with Gasteiger partial charge < -0.3 is 10.4 Å². The first kappa shape index (κ1) is 14.7. The molecular weight excluding hydrogens is 274 g/mol. The van der Waals surface area contributed by atoms with E-state index in [2.05, 4.69) is 28.3 Å². The summed E-state index contributed by atoms with van der Waals surface area (Å²) in [6.45, 7) is 6.30. The van der Waals surface area contributed by atoms with Gasteiger partial charge in [0.1, 0.15) is 17.0 Å². The molecular formula is C14H19N3O2S. The number of aliphatic carboxylic acids is 1. The Labute approximate surface area is 122 Å². The lowest BCUT2D eigenvalue weighted by molar-refractivity contribution is -0.142. The maximum atomic E-state index is 11.2. The summed E-state index contributed by atoms with van der Waals surface area (Å²) in [7, 11) is 0. The molecule has 2 rings (SSSR count). The summed E-state index contributed by atoms with van der Waals surface area (Å²) < 4.78 is 0. The van der Waals surface area contributed by atoms with E-state index in [1.807, 2.05) is 13.8 Å². The number of aromatic nitrogens is 2. The van der Waals surface area contributed by atoms with Crippen LogP contribution in [-0.4, -0.2) is 27.6 Å². The highest BCUT2D eigenvalue weighted by molar-refractivity contribution is 7.18. The summed E-state index contributed by atoms with van der Waals surface area (Å²) >= 11 is 1.65. The Morgan fingerprint density at radius 3 is 2.80 bits per heavy atom. The molecule has 0 spiro atoms. The fourth-order valence-corrected chi connectivity index (χ4v) is 2.97. The molecule has 2 N–H and O–H groups in total. The monoisotopic (exact) mass is 293 g/mol. The average Bonchev–Trinajstić information content (AvgIpc) is 2.81. The van der Waals surface area contributed by atoms with E-state index in [-0.39, 0.29) is 5.92 Å². The molecule has 2 heterocycles. The first-order valence-corrected chi connectivity index (χ1v) is 7.54. The van der Waals surface area contributed by atoms with Crippen molar-refractivity contribution in [3.8, 4) is 0 Å². The van der Waals surface area contributed by atoms with E-state index in [0.717, 1.165) is 22.5 Å². The van der Waals surface area contributed by atoms with Crippen LogP contribution in [0.4, 0.5) is 5.82 Å². The third-order valence-corrected chi connectivity index (χ3v) is 4.53. The first-order valence-electron chi connectivity index (χ1n) is 6.73. The number of thiophene rings is 1. The van der Waals surface area contributed by atoms with E-state index in [1.54, 1.807) is 11.3 Å². The Hall–Kier alpha value is -1.69. The number of nitrogens with one attached hydrogen (secondary N) is 1. The average molecular weight is 293 g/mol. The highest BCUT2D eigenvalue weighted by atomic mass is 32.1. The summed E-state index contributed by atoms with van der Waals surface area (Å²) in [5.74, 6) is -0.412. The molecule has 0 saturated carbocycles. The van der Waals surface area contributed by atoms with Crippen molar-refractivity contribution in [3.63, 3.8) is 0 Å². The Morgan fingerprint density at radius 1 is 1.45 bits per heavy atom. The van der Waals surface area contributed by atoms with Gasteiger partial charge in [0.25, 0.3) is 0 Å². The van der Waals surface area contributed by atoms with Gasteiger partial charge in [-0.3, -0.25) is 4.79 Å². The lowest BCUT2D eigenvalue weighted by atomic mass is 9.96. The Kier molecular flexibility index (Phi) is 4.54. The maximum Gasteiger partial charge on any atom is 0.308 e. The fourth-order valence-electron chi connectivity index (χ4n) is 2.04. The molecule has 20 heavy (non-hydrogen) atoms. The SMILES string of the molecule is CCc1cc2c(NCC(C(=O)O)C(C)C)ncnc2s1. The number of anilines is 1. The number of carbonyl (C=O) groups is 1. The second-order valence-electron chi connectivity index (χ2n) is 5.08. The number of fused-ring (bicyclic) bond motifs is 1. The van der Waals surface area contributed by atoms with Crippen molar-refractivity contribution in [2.45, 2.75) is 27.2 Å². The number of aryl methyl sites for hydroxylation is 1. The lowest BCUT2D eigenvalue weighted by Gasteiger charge is -2.17. The fraction of sp³-hybridized carbons (Fsp3) is 0.500. The third-order valence-electron chi connectivity index (χ3n) is 3.34. The van der Waals surface area contributed by atoms with Crippen LogP contribution in [-0.2, 0) is 11.2 Å². The van der Waals surface area contributed by atoms with E-state index >= 15 is 0 Å². The summed E-state index contributed by atoms with van der Waals surface area (Å²) in [4.78, 5) is 21.9. The third kappa shape index (κ3) is 3.07. The van der Waals surface area contributed by atoms with Crippen LogP contribution < -0.4 is 5.32 Å². The minimum atomic E-state index is -0.780. The summed E-state index contributed by atoms with van der Waals surface area (Å²) in [6.07, 6.45) is 2.48. The molecule has 1 atom stereocenters. The molecule has 0 saturated heterocycles. The molecule has 0 amide bonds. The largest absolute Gasteiger partial charge is 0.481 e. The number of rotatable bonds is 6. The topological polar surface area (TPSA) is 75.1 Å². The van der Waals surface area contributed by atoms with Crippen molar-refractivity contribution in [1.29, 1.82) is 0 Å². The van der Waals surface area contributed by atoms with Crippen LogP contribution in [0.15, 0.2) is 12.4 Å². The second-order valence-corrected chi connectivity index (χ2v) is 6.19. The predicted octanol–water partition coefficient (Wildman–Crippen LogP) is 3.02. The molecule has 0 aliphatic carbocycles. The van der Waals surface area contributed by atoms with Crippen molar-refractivity contribution < 1.29 is 9.90 Å². The summed E-state index contributed by atoms with van der Waals surface area (Å²) in [5, 5.41) is 13.3. The Morgan fingerprint density at radius 2 is 2.20 bits per heavy atom. The van der Waals surface area contributed by atoms with Crippen molar-refractivity contribution in [2.24, 2.45) is 11.8 Å². The zero-order valence-electron chi connectivity index (χ0n) is 11.9. The van der Waals surface area contributed by atoms with Gasteiger partial charge in [-0.2, -0.15) is 0 Å². The number of hydrogen-bond acceptors (Lipinski definition) is 5.